The zero-order valence-electron chi connectivity index (χ0n) is 10.5. The van der Waals surface area contributed by atoms with Crippen LogP contribution in [-0.4, -0.2) is 13.1 Å². The highest BCUT2D eigenvalue weighted by Crippen LogP contribution is 2.38. The molecule has 1 saturated heterocycles. The van der Waals surface area contributed by atoms with E-state index in [4.69, 9.17) is 0 Å². The number of anilines is 1. The van der Waals surface area contributed by atoms with Gasteiger partial charge in [0, 0.05) is 17.6 Å². The molecule has 1 aliphatic rings. The minimum atomic E-state index is 0.438. The Morgan fingerprint density at radius 1 is 1.25 bits per heavy atom. The fraction of sp³-hybridized carbons (Fsp3) is 0.571. The quantitative estimate of drug-likeness (QED) is 0.744. The number of halogens is 1. The first-order chi connectivity index (χ1) is 7.38. The molecule has 1 aromatic rings. The molecule has 2 heteroatoms. The van der Waals surface area contributed by atoms with Gasteiger partial charge < -0.3 is 4.90 Å². The van der Waals surface area contributed by atoms with E-state index in [0.717, 1.165) is 5.92 Å². The van der Waals surface area contributed by atoms with Crippen molar-refractivity contribution in [2.24, 2.45) is 11.3 Å². The first-order valence-corrected chi connectivity index (χ1v) is 6.68. The Kier molecular flexibility index (Phi) is 3.04. The third-order valence-electron chi connectivity index (χ3n) is 3.55. The van der Waals surface area contributed by atoms with Crippen molar-refractivity contribution >= 4 is 21.6 Å². The molecule has 88 valence electrons. The molecule has 1 heterocycles. The molecule has 0 N–H and O–H groups in total. The van der Waals surface area contributed by atoms with Crippen LogP contribution in [0.15, 0.2) is 22.7 Å². The average Bonchev–Trinajstić information content (AvgIpc) is 2.03. The molecule has 0 amide bonds. The maximum atomic E-state index is 3.65. The third-order valence-corrected chi connectivity index (χ3v) is 4.19. The van der Waals surface area contributed by atoms with Gasteiger partial charge in [-0.15, -0.1) is 0 Å². The minimum Gasteiger partial charge on any atom is -0.370 e. The summed E-state index contributed by atoms with van der Waals surface area (Å²) in [6.07, 6.45) is 0. The second kappa shape index (κ2) is 4.06. The van der Waals surface area contributed by atoms with Crippen molar-refractivity contribution in [1.82, 2.24) is 0 Å². The van der Waals surface area contributed by atoms with Gasteiger partial charge in [-0.2, -0.15) is 0 Å². The predicted octanol–water partition coefficient (Wildman–Crippen LogP) is 4.24. The number of rotatable bonds is 1. The van der Waals surface area contributed by atoms with Crippen molar-refractivity contribution in [1.29, 1.82) is 0 Å². The van der Waals surface area contributed by atoms with Crippen LogP contribution >= 0.6 is 15.9 Å². The lowest BCUT2D eigenvalue weighted by atomic mass is 9.76. The Bertz CT molecular complexity index is 386. The van der Waals surface area contributed by atoms with E-state index in [1.807, 2.05) is 0 Å². The number of nitrogens with zero attached hydrogens (tertiary/aromatic N) is 1. The van der Waals surface area contributed by atoms with Crippen LogP contribution in [-0.2, 0) is 0 Å². The molecule has 1 fully saturated rings. The van der Waals surface area contributed by atoms with Gasteiger partial charge in [-0.3, -0.25) is 0 Å². The minimum absolute atomic E-state index is 0.438. The van der Waals surface area contributed by atoms with Gasteiger partial charge in [0.2, 0.25) is 0 Å². The summed E-state index contributed by atoms with van der Waals surface area (Å²) in [7, 11) is 0. The first-order valence-electron chi connectivity index (χ1n) is 5.89. The van der Waals surface area contributed by atoms with Crippen LogP contribution in [0.2, 0.25) is 0 Å². The van der Waals surface area contributed by atoms with Crippen molar-refractivity contribution < 1.29 is 0 Å². The van der Waals surface area contributed by atoms with Gasteiger partial charge in [0.25, 0.3) is 0 Å². The molecule has 0 atom stereocenters. The summed E-state index contributed by atoms with van der Waals surface area (Å²) in [4.78, 5) is 2.46. The van der Waals surface area contributed by atoms with Gasteiger partial charge in [0.1, 0.15) is 0 Å². The summed E-state index contributed by atoms with van der Waals surface area (Å²) < 4.78 is 1.22. The molecule has 0 radical (unpaired) electrons. The van der Waals surface area contributed by atoms with Gasteiger partial charge in [-0.25, -0.2) is 0 Å². The van der Waals surface area contributed by atoms with Crippen molar-refractivity contribution in [2.75, 3.05) is 18.0 Å². The van der Waals surface area contributed by atoms with Gasteiger partial charge in [0.05, 0.1) is 5.69 Å². The lowest BCUT2D eigenvalue weighted by Crippen LogP contribution is -2.52. The normalized spacial score (nSPS) is 17.4. The number of hydrogen-bond donors (Lipinski definition) is 0. The van der Waals surface area contributed by atoms with E-state index in [1.165, 1.54) is 28.8 Å². The molecule has 0 aliphatic carbocycles. The summed E-state index contributed by atoms with van der Waals surface area (Å²) in [5.41, 5.74) is 3.09. The second-order valence-electron chi connectivity index (χ2n) is 5.92. The van der Waals surface area contributed by atoms with Crippen LogP contribution in [0, 0.1) is 18.3 Å². The molecule has 2 rings (SSSR count). The Morgan fingerprint density at radius 3 is 2.38 bits per heavy atom. The molecule has 0 bridgehead atoms. The molecular formula is C14H20BrN. The van der Waals surface area contributed by atoms with Crippen LogP contribution in [0.25, 0.3) is 0 Å². The number of aryl methyl sites for hydroxylation is 1. The van der Waals surface area contributed by atoms with E-state index in [-0.39, 0.29) is 0 Å². The highest BCUT2D eigenvalue weighted by Gasteiger charge is 2.36. The standard InChI is InChI=1S/C14H20BrN/c1-10-5-6-13(12(15)7-10)16-8-11(9-16)14(2,3)4/h5-7,11H,8-9H2,1-4H3. The van der Waals surface area contributed by atoms with Crippen molar-refractivity contribution in [3.05, 3.63) is 28.2 Å². The predicted molar refractivity (Wildman–Crippen MR) is 74.0 cm³/mol. The zero-order valence-corrected chi connectivity index (χ0v) is 12.1. The molecular weight excluding hydrogens is 262 g/mol. The van der Waals surface area contributed by atoms with Gasteiger partial charge >= 0.3 is 0 Å². The zero-order chi connectivity index (χ0) is 11.9. The molecule has 0 spiro atoms. The van der Waals surface area contributed by atoms with Crippen LogP contribution in [0.3, 0.4) is 0 Å². The first kappa shape index (κ1) is 12.0. The number of hydrogen-bond acceptors (Lipinski definition) is 1. The van der Waals surface area contributed by atoms with Crippen LogP contribution in [0.1, 0.15) is 26.3 Å². The molecule has 16 heavy (non-hydrogen) atoms. The maximum Gasteiger partial charge on any atom is 0.0511 e. The molecule has 0 aromatic heterocycles. The largest absolute Gasteiger partial charge is 0.370 e. The lowest BCUT2D eigenvalue weighted by Gasteiger charge is -2.48. The summed E-state index contributed by atoms with van der Waals surface area (Å²) in [5, 5.41) is 0. The SMILES string of the molecule is Cc1ccc(N2CC(C(C)(C)C)C2)c(Br)c1. The molecule has 1 aliphatic heterocycles. The maximum absolute atomic E-state index is 3.65. The Morgan fingerprint density at radius 2 is 1.88 bits per heavy atom. The van der Waals surface area contributed by atoms with E-state index in [9.17, 15) is 0 Å². The van der Waals surface area contributed by atoms with Crippen LogP contribution < -0.4 is 4.90 Å². The average molecular weight is 282 g/mol. The fourth-order valence-corrected chi connectivity index (χ4v) is 2.84. The second-order valence-corrected chi connectivity index (χ2v) is 6.78. The van der Waals surface area contributed by atoms with Crippen molar-refractivity contribution in [2.45, 2.75) is 27.7 Å². The van der Waals surface area contributed by atoms with E-state index in [1.54, 1.807) is 0 Å². The molecule has 1 nitrogen and oxygen atoms in total. The summed E-state index contributed by atoms with van der Waals surface area (Å²) >= 11 is 3.65. The monoisotopic (exact) mass is 281 g/mol. The van der Waals surface area contributed by atoms with Crippen molar-refractivity contribution in [3.8, 4) is 0 Å². The molecule has 1 aromatic carbocycles. The van der Waals surface area contributed by atoms with E-state index >= 15 is 0 Å². The number of benzene rings is 1. The van der Waals surface area contributed by atoms with Gasteiger partial charge in [-0.1, -0.05) is 26.8 Å². The van der Waals surface area contributed by atoms with Crippen LogP contribution in [0.4, 0.5) is 5.69 Å². The lowest BCUT2D eigenvalue weighted by molar-refractivity contribution is 0.195. The van der Waals surface area contributed by atoms with Gasteiger partial charge in [0.15, 0.2) is 0 Å². The smallest absolute Gasteiger partial charge is 0.0511 e. The van der Waals surface area contributed by atoms with E-state index in [2.05, 4.69) is 66.7 Å². The topological polar surface area (TPSA) is 3.24 Å². The summed E-state index contributed by atoms with van der Waals surface area (Å²) in [6.45, 7) is 11.5. The highest BCUT2D eigenvalue weighted by atomic mass is 79.9. The third kappa shape index (κ3) is 2.27. The van der Waals surface area contributed by atoms with E-state index < -0.39 is 0 Å². The Hall–Kier alpha value is -0.500. The Labute approximate surface area is 107 Å². The summed E-state index contributed by atoms with van der Waals surface area (Å²) in [5.74, 6) is 0.820. The molecule has 0 saturated carbocycles. The van der Waals surface area contributed by atoms with Crippen LogP contribution in [0.5, 0.6) is 0 Å². The van der Waals surface area contributed by atoms with E-state index in [0.29, 0.717) is 5.41 Å². The molecule has 0 unspecified atom stereocenters. The van der Waals surface area contributed by atoms with Crippen molar-refractivity contribution in [3.63, 3.8) is 0 Å². The summed E-state index contributed by atoms with van der Waals surface area (Å²) in [6, 6.07) is 6.60. The highest BCUT2D eigenvalue weighted by molar-refractivity contribution is 9.10. The fourth-order valence-electron chi connectivity index (χ4n) is 2.09. The Balaban J connectivity index is 2.07. The van der Waals surface area contributed by atoms with Gasteiger partial charge in [-0.05, 0) is 51.9 Å².